The fourth-order valence-electron chi connectivity index (χ4n) is 2.89. The molecule has 0 atom stereocenters. The number of carbonyl (C=O) groups excluding carboxylic acids is 3. The number of ether oxygens (including phenoxy) is 3. The molecule has 1 heterocycles. The molecule has 0 bridgehead atoms. The van der Waals surface area contributed by atoms with Gasteiger partial charge in [-0.1, -0.05) is 18.2 Å². The number of hydrogen-bond donors (Lipinski definition) is 0. The normalized spacial score (nSPS) is 10.5. The van der Waals surface area contributed by atoms with Crippen LogP contribution in [0.25, 0.3) is 11.0 Å². The van der Waals surface area contributed by atoms with Crippen molar-refractivity contribution in [1.29, 1.82) is 0 Å². The Balaban J connectivity index is 1.92. The summed E-state index contributed by atoms with van der Waals surface area (Å²) in [4.78, 5) is 47.0. The van der Waals surface area contributed by atoms with Gasteiger partial charge in [0.25, 0.3) is 5.69 Å². The topological polar surface area (TPSA) is 135 Å². The highest BCUT2D eigenvalue weighted by molar-refractivity contribution is 5.98. The van der Waals surface area contributed by atoms with E-state index >= 15 is 0 Å². The molecule has 10 nitrogen and oxygen atoms in total. The van der Waals surface area contributed by atoms with Gasteiger partial charge >= 0.3 is 17.9 Å². The minimum atomic E-state index is -0.936. The number of nitrogens with zero attached hydrogens (tertiary/aromatic N) is 1. The zero-order chi connectivity index (χ0) is 22.5. The van der Waals surface area contributed by atoms with Crippen LogP contribution in [0.15, 0.2) is 46.9 Å². The molecule has 0 amide bonds. The quantitative estimate of drug-likeness (QED) is 0.239. The Morgan fingerprint density at radius 2 is 1.68 bits per heavy atom. The maximum Gasteiger partial charge on any atom is 0.374 e. The largest absolute Gasteiger partial charge is 0.465 e. The molecule has 0 N–H and O–H groups in total. The first-order valence-corrected chi connectivity index (χ1v) is 9.08. The molecule has 0 aliphatic rings. The van der Waals surface area contributed by atoms with Crippen LogP contribution < -0.4 is 0 Å². The molecule has 0 unspecified atom stereocenters. The molecule has 1 aromatic heterocycles. The van der Waals surface area contributed by atoms with Gasteiger partial charge in [-0.2, -0.15) is 0 Å². The average molecular weight is 427 g/mol. The van der Waals surface area contributed by atoms with Gasteiger partial charge in [-0.25, -0.2) is 14.4 Å². The number of furan rings is 1. The summed E-state index contributed by atoms with van der Waals surface area (Å²) in [7, 11) is 1.11. The van der Waals surface area contributed by atoms with E-state index in [2.05, 4.69) is 4.74 Å². The second kappa shape index (κ2) is 9.08. The standard InChI is InChI=1S/C21H17NO9/c1-3-29-21(25)18-16(15-6-4-5-7-17(15)31-18)11-30-20(24)13-8-12(19(23)28-2)9-14(10-13)22(26)27/h4-10H,3,11H2,1-2H3. The van der Waals surface area contributed by atoms with Gasteiger partial charge in [0.2, 0.25) is 5.76 Å². The molecular formula is C21H17NO9. The number of rotatable bonds is 7. The zero-order valence-electron chi connectivity index (χ0n) is 16.6. The summed E-state index contributed by atoms with van der Waals surface area (Å²) in [6.07, 6.45) is 0. The molecule has 31 heavy (non-hydrogen) atoms. The molecule has 10 heteroatoms. The Kier molecular flexibility index (Phi) is 6.29. The third-order valence-electron chi connectivity index (χ3n) is 4.29. The molecular weight excluding hydrogens is 410 g/mol. The number of esters is 3. The van der Waals surface area contributed by atoms with E-state index in [1.807, 2.05) is 0 Å². The number of hydrogen-bond acceptors (Lipinski definition) is 9. The van der Waals surface area contributed by atoms with E-state index in [-0.39, 0.29) is 30.1 Å². The van der Waals surface area contributed by atoms with Crippen LogP contribution in [0.4, 0.5) is 5.69 Å². The number of nitro groups is 1. The van der Waals surface area contributed by atoms with E-state index in [1.54, 1.807) is 31.2 Å². The van der Waals surface area contributed by atoms with Crippen LogP contribution in [-0.2, 0) is 20.8 Å². The smallest absolute Gasteiger partial charge is 0.374 e. The van der Waals surface area contributed by atoms with E-state index in [0.717, 1.165) is 25.3 Å². The van der Waals surface area contributed by atoms with Crippen molar-refractivity contribution in [2.45, 2.75) is 13.5 Å². The molecule has 0 aliphatic heterocycles. The van der Waals surface area contributed by atoms with E-state index in [0.29, 0.717) is 16.5 Å². The van der Waals surface area contributed by atoms with Crippen molar-refractivity contribution >= 4 is 34.6 Å². The van der Waals surface area contributed by atoms with Crippen molar-refractivity contribution in [3.05, 3.63) is 75.0 Å². The van der Waals surface area contributed by atoms with E-state index in [1.165, 1.54) is 0 Å². The highest BCUT2D eigenvalue weighted by Gasteiger charge is 2.24. The van der Waals surface area contributed by atoms with Crippen LogP contribution in [0, 0.1) is 10.1 Å². The number of non-ortho nitro benzene ring substituents is 1. The van der Waals surface area contributed by atoms with Crippen LogP contribution >= 0.6 is 0 Å². The lowest BCUT2D eigenvalue weighted by Crippen LogP contribution is -2.11. The number of carbonyl (C=O) groups is 3. The lowest BCUT2D eigenvalue weighted by Gasteiger charge is -2.07. The van der Waals surface area contributed by atoms with Crippen molar-refractivity contribution in [1.82, 2.24) is 0 Å². The summed E-state index contributed by atoms with van der Waals surface area (Å²) in [6, 6.07) is 9.87. The molecule has 0 radical (unpaired) electrons. The van der Waals surface area contributed by atoms with Gasteiger partial charge in [-0.3, -0.25) is 10.1 Å². The van der Waals surface area contributed by atoms with Gasteiger partial charge in [-0.15, -0.1) is 0 Å². The van der Waals surface area contributed by atoms with Crippen LogP contribution in [0.3, 0.4) is 0 Å². The fourth-order valence-corrected chi connectivity index (χ4v) is 2.89. The maximum absolute atomic E-state index is 12.6. The van der Waals surface area contributed by atoms with Crippen molar-refractivity contribution < 1.29 is 37.9 Å². The predicted molar refractivity (Wildman–Crippen MR) is 106 cm³/mol. The Morgan fingerprint density at radius 1 is 1.00 bits per heavy atom. The second-order valence-corrected chi connectivity index (χ2v) is 6.22. The molecule has 160 valence electrons. The first kappa shape index (κ1) is 21.5. The monoisotopic (exact) mass is 427 g/mol. The van der Waals surface area contributed by atoms with Gasteiger partial charge in [0.15, 0.2) is 0 Å². The third-order valence-corrected chi connectivity index (χ3v) is 4.29. The summed E-state index contributed by atoms with van der Waals surface area (Å²) in [5, 5.41) is 11.7. The van der Waals surface area contributed by atoms with Crippen LogP contribution in [0.5, 0.6) is 0 Å². The van der Waals surface area contributed by atoms with Crippen LogP contribution in [0.2, 0.25) is 0 Å². The maximum atomic E-state index is 12.6. The molecule has 0 spiro atoms. The molecule has 2 aromatic carbocycles. The van der Waals surface area contributed by atoms with E-state index < -0.39 is 28.5 Å². The molecule has 3 aromatic rings. The molecule has 3 rings (SSSR count). The summed E-state index contributed by atoms with van der Waals surface area (Å²) < 4.78 is 20.4. The van der Waals surface area contributed by atoms with Gasteiger partial charge in [0, 0.05) is 17.5 Å². The zero-order valence-corrected chi connectivity index (χ0v) is 16.6. The molecule has 0 aliphatic carbocycles. The van der Waals surface area contributed by atoms with Crippen molar-refractivity contribution in [3.63, 3.8) is 0 Å². The Bertz CT molecular complexity index is 1180. The highest BCUT2D eigenvalue weighted by atomic mass is 16.6. The number of benzene rings is 2. The Labute approximate surface area is 175 Å². The van der Waals surface area contributed by atoms with Crippen LogP contribution in [0.1, 0.15) is 43.8 Å². The number of methoxy groups -OCH3 is 1. The highest BCUT2D eigenvalue weighted by Crippen LogP contribution is 2.28. The average Bonchev–Trinajstić information content (AvgIpc) is 3.15. The van der Waals surface area contributed by atoms with Gasteiger partial charge < -0.3 is 18.6 Å². The fraction of sp³-hybridized carbons (Fsp3) is 0.190. The molecule has 0 saturated carbocycles. The van der Waals surface area contributed by atoms with Crippen LogP contribution in [-0.4, -0.2) is 36.5 Å². The molecule has 0 fully saturated rings. The third kappa shape index (κ3) is 4.53. The Hall–Kier alpha value is -4.21. The number of para-hydroxylation sites is 1. The van der Waals surface area contributed by atoms with Crippen molar-refractivity contribution in [3.8, 4) is 0 Å². The lowest BCUT2D eigenvalue weighted by atomic mass is 10.1. The number of fused-ring (bicyclic) bond motifs is 1. The first-order valence-electron chi connectivity index (χ1n) is 9.08. The Morgan fingerprint density at radius 3 is 2.32 bits per heavy atom. The minimum Gasteiger partial charge on any atom is -0.465 e. The summed E-state index contributed by atoms with van der Waals surface area (Å²) in [5.41, 5.74) is -0.179. The van der Waals surface area contributed by atoms with Crippen molar-refractivity contribution in [2.24, 2.45) is 0 Å². The predicted octanol–water partition coefficient (Wildman–Crippen LogP) is 3.66. The van der Waals surface area contributed by atoms with E-state index in [9.17, 15) is 24.5 Å². The first-order chi connectivity index (χ1) is 14.8. The van der Waals surface area contributed by atoms with Gasteiger partial charge in [0.1, 0.15) is 12.2 Å². The summed E-state index contributed by atoms with van der Waals surface area (Å²) >= 11 is 0. The molecule has 0 saturated heterocycles. The lowest BCUT2D eigenvalue weighted by molar-refractivity contribution is -0.384. The van der Waals surface area contributed by atoms with Gasteiger partial charge in [0.05, 0.1) is 35.3 Å². The summed E-state index contributed by atoms with van der Waals surface area (Å²) in [6.45, 7) is 1.40. The van der Waals surface area contributed by atoms with Crippen molar-refractivity contribution in [2.75, 3.05) is 13.7 Å². The second-order valence-electron chi connectivity index (χ2n) is 6.22. The SMILES string of the molecule is CCOC(=O)c1oc2ccccc2c1COC(=O)c1cc(C(=O)OC)cc([N+](=O)[O-])c1. The summed E-state index contributed by atoms with van der Waals surface area (Å²) in [5.74, 6) is -2.60. The number of nitro benzene ring substituents is 1. The van der Waals surface area contributed by atoms with Gasteiger partial charge in [-0.05, 0) is 19.1 Å². The minimum absolute atomic E-state index is 0.106. The van der Waals surface area contributed by atoms with E-state index in [4.69, 9.17) is 13.9 Å².